The highest BCUT2D eigenvalue weighted by Crippen LogP contribution is 2.20. The number of nitrogens with zero attached hydrogens (tertiary/aromatic N) is 1. The zero-order valence-corrected chi connectivity index (χ0v) is 10.8. The predicted molar refractivity (Wildman–Crippen MR) is 68.8 cm³/mol. The molecule has 1 saturated heterocycles. The summed E-state index contributed by atoms with van der Waals surface area (Å²) in [6.07, 6.45) is 1.14. The third-order valence-electron chi connectivity index (χ3n) is 3.33. The summed E-state index contributed by atoms with van der Waals surface area (Å²) in [6, 6.07) is 5.17. The number of hydrogen-bond donors (Lipinski definition) is 1. The average Bonchev–Trinajstić information content (AvgIpc) is 2.48. The summed E-state index contributed by atoms with van der Waals surface area (Å²) in [4.78, 5) is 2.39. The summed E-state index contributed by atoms with van der Waals surface area (Å²) in [5.41, 5.74) is 1.00. The summed E-state index contributed by atoms with van der Waals surface area (Å²) < 4.78 is 13.0. The van der Waals surface area contributed by atoms with Gasteiger partial charge in [0.05, 0.1) is 0 Å². The minimum Gasteiger partial charge on any atom is -0.315 e. The molecule has 17 heavy (non-hydrogen) atoms. The number of halogens is 2. The first kappa shape index (κ1) is 12.8. The van der Waals surface area contributed by atoms with Crippen molar-refractivity contribution in [3.8, 4) is 0 Å². The Hall–Kier alpha value is -0.640. The lowest BCUT2D eigenvalue weighted by molar-refractivity contribution is 0.211. The van der Waals surface area contributed by atoms with Crippen molar-refractivity contribution >= 4 is 11.6 Å². The van der Waals surface area contributed by atoms with E-state index in [0.29, 0.717) is 11.1 Å². The molecule has 2 nitrogen and oxygen atoms in total. The van der Waals surface area contributed by atoms with E-state index in [9.17, 15) is 4.39 Å². The molecule has 0 radical (unpaired) electrons. The third kappa shape index (κ3) is 3.41. The van der Waals surface area contributed by atoms with Crippen molar-refractivity contribution < 1.29 is 4.39 Å². The minimum atomic E-state index is -0.274. The largest absolute Gasteiger partial charge is 0.315 e. The summed E-state index contributed by atoms with van der Waals surface area (Å²) >= 11 is 6.05. The van der Waals surface area contributed by atoms with Crippen LogP contribution in [0, 0.1) is 5.82 Å². The monoisotopic (exact) mass is 256 g/mol. The van der Waals surface area contributed by atoms with Crippen molar-refractivity contribution in [1.82, 2.24) is 10.2 Å². The molecule has 1 aromatic rings. The molecular weight excluding hydrogens is 239 g/mol. The van der Waals surface area contributed by atoms with Gasteiger partial charge in [0, 0.05) is 30.7 Å². The summed E-state index contributed by atoms with van der Waals surface area (Å²) in [6.45, 7) is 6.10. The Morgan fingerprint density at radius 2 is 2.29 bits per heavy atom. The molecule has 0 amide bonds. The molecule has 1 aliphatic heterocycles. The first-order chi connectivity index (χ1) is 8.16. The van der Waals surface area contributed by atoms with Gasteiger partial charge in [0.1, 0.15) is 5.82 Å². The zero-order chi connectivity index (χ0) is 12.3. The van der Waals surface area contributed by atoms with Gasteiger partial charge < -0.3 is 5.32 Å². The van der Waals surface area contributed by atoms with Crippen LogP contribution in [0.5, 0.6) is 0 Å². The maximum absolute atomic E-state index is 13.0. The lowest BCUT2D eigenvalue weighted by atomic mass is 10.1. The first-order valence-electron chi connectivity index (χ1n) is 6.05. The van der Waals surface area contributed by atoms with Gasteiger partial charge in [-0.1, -0.05) is 17.7 Å². The fourth-order valence-electron chi connectivity index (χ4n) is 2.17. The summed E-state index contributed by atoms with van der Waals surface area (Å²) in [5.74, 6) is -0.274. The van der Waals surface area contributed by atoms with Crippen LogP contribution in [0.3, 0.4) is 0 Å². The molecule has 94 valence electrons. The average molecular weight is 257 g/mol. The molecule has 4 heteroatoms. The highest BCUT2D eigenvalue weighted by Gasteiger charge is 2.17. The molecular formula is C13H18ClFN2. The first-order valence-corrected chi connectivity index (χ1v) is 6.43. The van der Waals surface area contributed by atoms with E-state index in [1.54, 1.807) is 6.07 Å². The summed E-state index contributed by atoms with van der Waals surface area (Å²) in [5, 5.41) is 3.91. The lowest BCUT2D eigenvalue weighted by Crippen LogP contribution is -2.33. The fraction of sp³-hybridized carbons (Fsp3) is 0.538. The van der Waals surface area contributed by atoms with Crippen LogP contribution in [-0.4, -0.2) is 30.6 Å². The van der Waals surface area contributed by atoms with Crippen LogP contribution >= 0.6 is 11.6 Å². The number of benzene rings is 1. The summed E-state index contributed by atoms with van der Waals surface area (Å²) in [7, 11) is 0. The fourth-order valence-corrected chi connectivity index (χ4v) is 2.39. The van der Waals surface area contributed by atoms with E-state index in [4.69, 9.17) is 11.6 Å². The van der Waals surface area contributed by atoms with E-state index in [1.165, 1.54) is 12.1 Å². The molecule has 0 spiro atoms. The van der Waals surface area contributed by atoms with Gasteiger partial charge >= 0.3 is 0 Å². The Bertz CT molecular complexity index is 384. The smallest absolute Gasteiger partial charge is 0.124 e. The molecule has 1 atom stereocenters. The Balaban J connectivity index is 2.08. The van der Waals surface area contributed by atoms with Gasteiger partial charge in [0.25, 0.3) is 0 Å². The maximum atomic E-state index is 13.0. The molecule has 0 aromatic heterocycles. The van der Waals surface area contributed by atoms with Gasteiger partial charge in [-0.2, -0.15) is 0 Å². The minimum absolute atomic E-state index is 0.274. The van der Waals surface area contributed by atoms with Gasteiger partial charge in [-0.05, 0) is 37.6 Å². The van der Waals surface area contributed by atoms with E-state index in [2.05, 4.69) is 17.1 Å². The topological polar surface area (TPSA) is 15.3 Å². The second-order valence-electron chi connectivity index (χ2n) is 4.59. The number of hydrogen-bond acceptors (Lipinski definition) is 2. The van der Waals surface area contributed by atoms with Crippen LogP contribution < -0.4 is 5.32 Å². The Morgan fingerprint density at radius 1 is 1.47 bits per heavy atom. The van der Waals surface area contributed by atoms with E-state index in [-0.39, 0.29) is 5.82 Å². The zero-order valence-electron chi connectivity index (χ0n) is 10.0. The molecule has 1 aromatic carbocycles. The lowest BCUT2D eigenvalue weighted by Gasteiger charge is -2.26. The molecule has 1 heterocycles. The predicted octanol–water partition coefficient (Wildman–Crippen LogP) is 2.66. The van der Waals surface area contributed by atoms with Gasteiger partial charge in [-0.3, -0.25) is 4.90 Å². The second kappa shape index (κ2) is 5.80. The van der Waals surface area contributed by atoms with E-state index < -0.39 is 0 Å². The normalized spacial score (nSPS) is 22.4. The van der Waals surface area contributed by atoms with Gasteiger partial charge in [0.15, 0.2) is 0 Å². The van der Waals surface area contributed by atoms with Crippen molar-refractivity contribution in [1.29, 1.82) is 0 Å². The standard InChI is InChI=1S/C13H18ClFN2/c1-10-4-5-16-6-7-17(10)9-11-2-3-12(15)8-13(11)14/h2-3,8,10,16H,4-7,9H2,1H3. The van der Waals surface area contributed by atoms with Crippen LogP contribution in [0.1, 0.15) is 18.9 Å². The highest BCUT2D eigenvalue weighted by atomic mass is 35.5. The van der Waals surface area contributed by atoms with Crippen molar-refractivity contribution in [2.45, 2.75) is 25.9 Å². The van der Waals surface area contributed by atoms with E-state index >= 15 is 0 Å². The Morgan fingerprint density at radius 3 is 3.06 bits per heavy atom. The number of nitrogens with one attached hydrogen (secondary N) is 1. The van der Waals surface area contributed by atoms with Crippen molar-refractivity contribution in [3.05, 3.63) is 34.6 Å². The van der Waals surface area contributed by atoms with Gasteiger partial charge in [-0.25, -0.2) is 4.39 Å². The Kier molecular flexibility index (Phi) is 4.37. The molecule has 1 N–H and O–H groups in total. The van der Waals surface area contributed by atoms with Crippen molar-refractivity contribution in [2.75, 3.05) is 19.6 Å². The number of rotatable bonds is 2. The van der Waals surface area contributed by atoms with Crippen molar-refractivity contribution in [2.24, 2.45) is 0 Å². The maximum Gasteiger partial charge on any atom is 0.124 e. The SMILES string of the molecule is CC1CCNCCN1Cc1ccc(F)cc1Cl. The van der Waals surface area contributed by atoms with E-state index in [1.807, 2.05) is 0 Å². The van der Waals surface area contributed by atoms with Crippen molar-refractivity contribution in [3.63, 3.8) is 0 Å². The molecule has 0 aliphatic carbocycles. The highest BCUT2D eigenvalue weighted by molar-refractivity contribution is 6.31. The van der Waals surface area contributed by atoms with Crippen LogP contribution in [0.25, 0.3) is 0 Å². The molecule has 0 bridgehead atoms. The quantitative estimate of drug-likeness (QED) is 0.875. The van der Waals surface area contributed by atoms with Crippen LogP contribution in [-0.2, 0) is 6.54 Å². The molecule has 2 rings (SSSR count). The molecule has 1 aliphatic rings. The Labute approximate surface area is 107 Å². The van der Waals surface area contributed by atoms with E-state index in [0.717, 1.165) is 38.2 Å². The second-order valence-corrected chi connectivity index (χ2v) is 5.00. The van der Waals surface area contributed by atoms with Gasteiger partial charge in [0.2, 0.25) is 0 Å². The third-order valence-corrected chi connectivity index (χ3v) is 3.68. The van der Waals surface area contributed by atoms with Crippen LogP contribution in [0.4, 0.5) is 4.39 Å². The van der Waals surface area contributed by atoms with Crippen LogP contribution in [0.2, 0.25) is 5.02 Å². The molecule has 1 unspecified atom stereocenters. The molecule has 0 saturated carbocycles. The van der Waals surface area contributed by atoms with Gasteiger partial charge in [-0.15, -0.1) is 0 Å². The molecule has 1 fully saturated rings. The van der Waals surface area contributed by atoms with Crippen LogP contribution in [0.15, 0.2) is 18.2 Å².